The zero-order valence-corrected chi connectivity index (χ0v) is 11.9. The highest BCUT2D eigenvalue weighted by molar-refractivity contribution is 7.08. The summed E-state index contributed by atoms with van der Waals surface area (Å²) < 4.78 is 5.01. The summed E-state index contributed by atoms with van der Waals surface area (Å²) in [5.74, 6) is 0.163. The molecule has 0 amide bonds. The lowest BCUT2D eigenvalue weighted by Crippen LogP contribution is -2.08. The molecule has 0 aliphatic rings. The number of ether oxygens (including phenoxy) is 1. The molecule has 1 atom stereocenters. The van der Waals surface area contributed by atoms with Crippen LogP contribution >= 0.6 is 11.3 Å². The number of carbonyl (C=O) groups is 1. The average molecular weight is 274 g/mol. The molecule has 2 aromatic rings. The summed E-state index contributed by atoms with van der Waals surface area (Å²) in [5.41, 5.74) is 2.53. The molecule has 2 rings (SSSR count). The predicted molar refractivity (Wildman–Crippen MR) is 78.5 cm³/mol. The van der Waals surface area contributed by atoms with Gasteiger partial charge in [-0.1, -0.05) is 30.3 Å². The van der Waals surface area contributed by atoms with Gasteiger partial charge < -0.3 is 4.74 Å². The minimum absolute atomic E-state index is 0.112. The van der Waals surface area contributed by atoms with E-state index in [9.17, 15) is 4.79 Å². The highest BCUT2D eigenvalue weighted by atomic mass is 32.1. The van der Waals surface area contributed by atoms with Crippen LogP contribution in [0.3, 0.4) is 0 Å². The van der Waals surface area contributed by atoms with Crippen LogP contribution < -0.4 is 0 Å². The van der Waals surface area contributed by atoms with Crippen molar-refractivity contribution in [3.05, 3.63) is 58.3 Å². The van der Waals surface area contributed by atoms with E-state index in [1.54, 1.807) is 11.3 Å². The van der Waals surface area contributed by atoms with E-state index in [1.807, 2.05) is 25.1 Å². The zero-order valence-electron chi connectivity index (χ0n) is 11.0. The van der Waals surface area contributed by atoms with Crippen molar-refractivity contribution in [2.24, 2.45) is 0 Å². The second kappa shape index (κ2) is 7.10. The Balaban J connectivity index is 2.10. The number of hydrogen-bond acceptors (Lipinski definition) is 3. The maximum absolute atomic E-state index is 11.5. The van der Waals surface area contributed by atoms with Crippen molar-refractivity contribution in [2.45, 2.75) is 25.7 Å². The van der Waals surface area contributed by atoms with Gasteiger partial charge in [0.05, 0.1) is 6.61 Å². The Bertz CT molecular complexity index is 491. The van der Waals surface area contributed by atoms with Gasteiger partial charge in [0, 0.05) is 12.3 Å². The van der Waals surface area contributed by atoms with E-state index in [1.165, 1.54) is 11.1 Å². The third-order valence-electron chi connectivity index (χ3n) is 3.09. The molecule has 0 aliphatic carbocycles. The predicted octanol–water partition coefficient (Wildman–Crippen LogP) is 4.22. The Labute approximate surface area is 118 Å². The van der Waals surface area contributed by atoms with Gasteiger partial charge in [0.2, 0.25) is 0 Å². The number of thiophene rings is 1. The molecule has 0 spiro atoms. The molecule has 0 unspecified atom stereocenters. The summed E-state index contributed by atoms with van der Waals surface area (Å²) in [6.07, 6.45) is 1.25. The van der Waals surface area contributed by atoms with Crippen molar-refractivity contribution < 1.29 is 9.53 Å². The Morgan fingerprint density at radius 3 is 2.63 bits per heavy atom. The van der Waals surface area contributed by atoms with E-state index in [0.717, 1.165) is 6.42 Å². The van der Waals surface area contributed by atoms with Crippen molar-refractivity contribution in [1.82, 2.24) is 0 Å². The molecule has 19 heavy (non-hydrogen) atoms. The van der Waals surface area contributed by atoms with Crippen LogP contribution in [0.4, 0.5) is 0 Å². The van der Waals surface area contributed by atoms with Crippen molar-refractivity contribution in [3.8, 4) is 0 Å². The van der Waals surface area contributed by atoms with Crippen LogP contribution in [-0.4, -0.2) is 12.6 Å². The Kier molecular flexibility index (Phi) is 5.16. The number of rotatable bonds is 6. The van der Waals surface area contributed by atoms with Crippen LogP contribution in [0.25, 0.3) is 0 Å². The minimum atomic E-state index is -0.112. The summed E-state index contributed by atoms with van der Waals surface area (Å²) in [6, 6.07) is 12.5. The molecule has 1 aromatic carbocycles. The van der Waals surface area contributed by atoms with Gasteiger partial charge >= 0.3 is 5.97 Å². The van der Waals surface area contributed by atoms with Crippen LogP contribution in [0.15, 0.2) is 47.2 Å². The highest BCUT2D eigenvalue weighted by Gasteiger charge is 2.16. The van der Waals surface area contributed by atoms with Gasteiger partial charge in [-0.3, -0.25) is 4.79 Å². The first-order valence-electron chi connectivity index (χ1n) is 6.54. The first-order chi connectivity index (χ1) is 9.31. The van der Waals surface area contributed by atoms with Crippen LogP contribution in [-0.2, 0) is 9.53 Å². The minimum Gasteiger partial charge on any atom is -0.466 e. The van der Waals surface area contributed by atoms with Gasteiger partial charge in [-0.15, -0.1) is 0 Å². The highest BCUT2D eigenvalue weighted by Crippen LogP contribution is 2.30. The summed E-state index contributed by atoms with van der Waals surface area (Å²) in [5, 5.41) is 4.23. The molecule has 0 aliphatic heterocycles. The van der Waals surface area contributed by atoms with Crippen LogP contribution in [0, 0.1) is 0 Å². The van der Waals surface area contributed by atoms with Crippen molar-refractivity contribution in [2.75, 3.05) is 6.61 Å². The largest absolute Gasteiger partial charge is 0.466 e. The van der Waals surface area contributed by atoms with Gasteiger partial charge in [0.15, 0.2) is 0 Å². The van der Waals surface area contributed by atoms with E-state index in [0.29, 0.717) is 13.0 Å². The maximum atomic E-state index is 11.5. The summed E-state index contributed by atoms with van der Waals surface area (Å²) in [4.78, 5) is 11.5. The van der Waals surface area contributed by atoms with E-state index < -0.39 is 0 Å². The molecule has 100 valence electrons. The van der Waals surface area contributed by atoms with Crippen LogP contribution in [0.1, 0.15) is 36.8 Å². The summed E-state index contributed by atoms with van der Waals surface area (Å²) in [6.45, 7) is 2.29. The standard InChI is InChI=1S/C16H18O2S/c1-2-18-16(17)9-8-15(14-10-11-19-12-14)13-6-4-3-5-7-13/h3-7,10-12,15H,2,8-9H2,1H3/t15-/m0/s1. The fourth-order valence-electron chi connectivity index (χ4n) is 2.18. The lowest BCUT2D eigenvalue weighted by molar-refractivity contribution is -0.143. The van der Waals surface area contributed by atoms with Crippen molar-refractivity contribution >= 4 is 17.3 Å². The quantitative estimate of drug-likeness (QED) is 0.737. The molecule has 0 saturated carbocycles. The Morgan fingerprint density at radius 1 is 1.21 bits per heavy atom. The molecule has 0 saturated heterocycles. The SMILES string of the molecule is CCOC(=O)CC[C@@H](c1ccccc1)c1ccsc1. The van der Waals surface area contributed by atoms with E-state index in [-0.39, 0.29) is 11.9 Å². The lowest BCUT2D eigenvalue weighted by atomic mass is 9.89. The number of hydrogen-bond donors (Lipinski definition) is 0. The van der Waals surface area contributed by atoms with Crippen LogP contribution in [0.5, 0.6) is 0 Å². The monoisotopic (exact) mass is 274 g/mol. The van der Waals surface area contributed by atoms with Gasteiger partial charge in [0.25, 0.3) is 0 Å². The van der Waals surface area contributed by atoms with Gasteiger partial charge in [-0.2, -0.15) is 11.3 Å². The Morgan fingerprint density at radius 2 is 2.00 bits per heavy atom. The molecule has 0 N–H and O–H groups in total. The second-order valence-electron chi connectivity index (χ2n) is 4.36. The molecule has 3 heteroatoms. The molecular formula is C16H18O2S. The molecular weight excluding hydrogens is 256 g/mol. The molecule has 0 fully saturated rings. The molecule has 0 radical (unpaired) electrons. The van der Waals surface area contributed by atoms with E-state index in [4.69, 9.17) is 4.74 Å². The first-order valence-corrected chi connectivity index (χ1v) is 7.48. The van der Waals surface area contributed by atoms with E-state index >= 15 is 0 Å². The van der Waals surface area contributed by atoms with Crippen molar-refractivity contribution in [3.63, 3.8) is 0 Å². The fourth-order valence-corrected chi connectivity index (χ4v) is 2.89. The fraction of sp³-hybridized carbons (Fsp3) is 0.312. The van der Waals surface area contributed by atoms with Gasteiger partial charge in [-0.05, 0) is 41.3 Å². The van der Waals surface area contributed by atoms with Crippen LogP contribution in [0.2, 0.25) is 0 Å². The molecule has 0 bridgehead atoms. The number of esters is 1. The average Bonchev–Trinajstić information content (AvgIpc) is 2.94. The van der Waals surface area contributed by atoms with Gasteiger partial charge in [0.1, 0.15) is 0 Å². The zero-order chi connectivity index (χ0) is 13.5. The number of benzene rings is 1. The van der Waals surface area contributed by atoms with E-state index in [2.05, 4.69) is 29.0 Å². The molecule has 1 aromatic heterocycles. The van der Waals surface area contributed by atoms with Crippen molar-refractivity contribution in [1.29, 1.82) is 0 Å². The maximum Gasteiger partial charge on any atom is 0.305 e. The second-order valence-corrected chi connectivity index (χ2v) is 5.14. The third kappa shape index (κ3) is 3.93. The number of carbonyl (C=O) groups excluding carboxylic acids is 1. The summed E-state index contributed by atoms with van der Waals surface area (Å²) >= 11 is 1.69. The smallest absolute Gasteiger partial charge is 0.305 e. The topological polar surface area (TPSA) is 26.3 Å². The van der Waals surface area contributed by atoms with Gasteiger partial charge in [-0.25, -0.2) is 0 Å². The first kappa shape index (κ1) is 13.8. The molecule has 1 heterocycles. The third-order valence-corrected chi connectivity index (χ3v) is 3.79. The normalized spacial score (nSPS) is 12.1. The Hall–Kier alpha value is -1.61. The lowest BCUT2D eigenvalue weighted by Gasteiger charge is -2.16. The molecule has 2 nitrogen and oxygen atoms in total. The summed E-state index contributed by atoms with van der Waals surface area (Å²) in [7, 11) is 0.